The van der Waals surface area contributed by atoms with Crippen LogP contribution in [0.1, 0.15) is 15.9 Å². The molecular formula is C23H15FO4S. The van der Waals surface area contributed by atoms with Crippen molar-refractivity contribution in [2.75, 3.05) is 13.9 Å². The normalized spacial score (nSPS) is 12.3. The summed E-state index contributed by atoms with van der Waals surface area (Å²) < 4.78 is 30.5. The number of thiophene rings is 1. The first kappa shape index (κ1) is 17.7. The summed E-state index contributed by atoms with van der Waals surface area (Å²) >= 11 is 1.51. The van der Waals surface area contributed by atoms with Crippen molar-refractivity contribution < 1.29 is 23.4 Å². The van der Waals surface area contributed by atoms with Gasteiger partial charge in [0.1, 0.15) is 11.6 Å². The molecule has 1 aliphatic rings. The fourth-order valence-corrected chi connectivity index (χ4v) is 4.62. The van der Waals surface area contributed by atoms with E-state index in [4.69, 9.17) is 14.2 Å². The number of carbonyl (C=O) groups is 1. The van der Waals surface area contributed by atoms with Gasteiger partial charge in [0.15, 0.2) is 17.3 Å². The Morgan fingerprint density at radius 2 is 1.69 bits per heavy atom. The molecule has 0 fully saturated rings. The van der Waals surface area contributed by atoms with Crippen LogP contribution in [0.25, 0.3) is 20.5 Å². The lowest BCUT2D eigenvalue weighted by Crippen LogP contribution is -2.02. The smallest absolute Gasteiger partial charge is 0.231 e. The van der Waals surface area contributed by atoms with Crippen LogP contribution in [-0.2, 0) is 0 Å². The Morgan fingerprint density at radius 3 is 2.38 bits per heavy atom. The van der Waals surface area contributed by atoms with Crippen molar-refractivity contribution in [3.8, 4) is 27.7 Å². The van der Waals surface area contributed by atoms with Crippen molar-refractivity contribution in [2.45, 2.75) is 0 Å². The van der Waals surface area contributed by atoms with Gasteiger partial charge in [0.05, 0.1) is 7.11 Å². The summed E-state index contributed by atoms with van der Waals surface area (Å²) in [6.07, 6.45) is 0. The highest BCUT2D eigenvalue weighted by Gasteiger charge is 2.25. The maximum absolute atomic E-state index is 13.4. The van der Waals surface area contributed by atoms with Gasteiger partial charge in [-0.15, -0.1) is 11.3 Å². The molecule has 3 aromatic carbocycles. The topological polar surface area (TPSA) is 44.8 Å². The molecule has 0 saturated heterocycles. The standard InChI is InChI=1S/C23H15FO4S/c1-26-16-8-4-14(5-9-16)23-21(22(25)13-2-6-15(24)7-3-13)17-10-18-19(28-12-27-18)11-20(17)29-23/h2-11H,12H2,1H3. The van der Waals surface area contributed by atoms with Gasteiger partial charge in [0.25, 0.3) is 0 Å². The molecule has 0 aliphatic carbocycles. The molecule has 1 aromatic heterocycles. The Labute approximate surface area is 170 Å². The van der Waals surface area contributed by atoms with E-state index in [0.717, 1.165) is 26.3 Å². The fourth-order valence-electron chi connectivity index (χ4n) is 3.40. The summed E-state index contributed by atoms with van der Waals surface area (Å²) in [5.74, 6) is 1.48. The summed E-state index contributed by atoms with van der Waals surface area (Å²) in [6.45, 7) is 0.166. The Hall–Kier alpha value is -3.38. The molecule has 0 saturated carbocycles. The van der Waals surface area contributed by atoms with E-state index in [2.05, 4.69) is 0 Å². The van der Waals surface area contributed by atoms with Crippen molar-refractivity contribution in [1.82, 2.24) is 0 Å². The van der Waals surface area contributed by atoms with E-state index >= 15 is 0 Å². The maximum Gasteiger partial charge on any atom is 0.231 e. The summed E-state index contributed by atoms with van der Waals surface area (Å²) in [7, 11) is 1.61. The first-order valence-electron chi connectivity index (χ1n) is 8.95. The summed E-state index contributed by atoms with van der Waals surface area (Å²) in [4.78, 5) is 14.3. The molecule has 0 unspecified atom stereocenters. The largest absolute Gasteiger partial charge is 0.497 e. The molecule has 4 aromatic rings. The molecule has 0 atom stereocenters. The number of rotatable bonds is 4. The number of ether oxygens (including phenoxy) is 3. The first-order valence-corrected chi connectivity index (χ1v) is 9.76. The van der Waals surface area contributed by atoms with Crippen LogP contribution >= 0.6 is 11.3 Å². The molecule has 0 N–H and O–H groups in total. The van der Waals surface area contributed by atoms with Crippen LogP contribution in [0.4, 0.5) is 4.39 Å². The van der Waals surface area contributed by atoms with E-state index in [1.54, 1.807) is 7.11 Å². The van der Waals surface area contributed by atoms with Gasteiger partial charge >= 0.3 is 0 Å². The van der Waals surface area contributed by atoms with Crippen molar-refractivity contribution >= 4 is 27.2 Å². The molecule has 2 heterocycles. The Kier molecular flexibility index (Phi) is 4.21. The van der Waals surface area contributed by atoms with E-state index in [9.17, 15) is 9.18 Å². The number of benzene rings is 3. The molecule has 0 spiro atoms. The Morgan fingerprint density at radius 1 is 1.00 bits per heavy atom. The molecule has 29 heavy (non-hydrogen) atoms. The number of halogens is 1. The number of hydrogen-bond donors (Lipinski definition) is 0. The number of carbonyl (C=O) groups excluding carboxylic acids is 1. The molecular weight excluding hydrogens is 391 g/mol. The summed E-state index contributed by atoms with van der Waals surface area (Å²) in [5.41, 5.74) is 1.90. The minimum Gasteiger partial charge on any atom is -0.497 e. The number of methoxy groups -OCH3 is 1. The molecule has 1 aliphatic heterocycles. The van der Waals surface area contributed by atoms with Crippen LogP contribution in [-0.4, -0.2) is 19.7 Å². The lowest BCUT2D eigenvalue weighted by Gasteiger charge is -2.06. The van der Waals surface area contributed by atoms with Gasteiger partial charge in [-0.05, 0) is 60.2 Å². The predicted octanol–water partition coefficient (Wildman–Crippen LogP) is 5.68. The van der Waals surface area contributed by atoms with Crippen molar-refractivity contribution in [3.05, 3.63) is 77.6 Å². The molecule has 0 amide bonds. The molecule has 5 rings (SSSR count). The second kappa shape index (κ2) is 6.90. The zero-order chi connectivity index (χ0) is 20.0. The van der Waals surface area contributed by atoms with Gasteiger partial charge in [-0.25, -0.2) is 4.39 Å². The zero-order valence-corrected chi connectivity index (χ0v) is 16.2. The molecule has 4 nitrogen and oxygen atoms in total. The SMILES string of the molecule is COc1ccc(-c2sc3cc4c(cc3c2C(=O)c2ccc(F)cc2)OCO4)cc1. The van der Waals surface area contributed by atoms with Gasteiger partial charge in [-0.2, -0.15) is 0 Å². The zero-order valence-electron chi connectivity index (χ0n) is 15.4. The van der Waals surface area contributed by atoms with Crippen LogP contribution in [0.5, 0.6) is 17.2 Å². The third kappa shape index (κ3) is 3.02. The summed E-state index contributed by atoms with van der Waals surface area (Å²) in [5, 5.41) is 0.791. The van der Waals surface area contributed by atoms with Gasteiger partial charge in [-0.3, -0.25) is 4.79 Å². The molecule has 0 radical (unpaired) electrons. The highest BCUT2D eigenvalue weighted by atomic mass is 32.1. The van der Waals surface area contributed by atoms with Crippen molar-refractivity contribution in [2.24, 2.45) is 0 Å². The Bertz CT molecular complexity index is 1230. The van der Waals surface area contributed by atoms with Crippen LogP contribution in [0.15, 0.2) is 60.7 Å². The fraction of sp³-hybridized carbons (Fsp3) is 0.0870. The minimum absolute atomic E-state index is 0.166. The van der Waals surface area contributed by atoms with E-state index in [1.165, 1.54) is 35.6 Å². The molecule has 6 heteroatoms. The van der Waals surface area contributed by atoms with Gasteiger partial charge in [0.2, 0.25) is 6.79 Å². The van der Waals surface area contributed by atoms with Crippen LogP contribution < -0.4 is 14.2 Å². The minimum atomic E-state index is -0.379. The van der Waals surface area contributed by atoms with Crippen LogP contribution in [0.3, 0.4) is 0 Å². The van der Waals surface area contributed by atoms with Gasteiger partial charge < -0.3 is 14.2 Å². The lowest BCUT2D eigenvalue weighted by molar-refractivity contribution is 0.104. The van der Waals surface area contributed by atoms with Crippen molar-refractivity contribution in [1.29, 1.82) is 0 Å². The number of hydrogen-bond acceptors (Lipinski definition) is 5. The van der Waals surface area contributed by atoms with Crippen LogP contribution in [0.2, 0.25) is 0 Å². The average Bonchev–Trinajstić information content (AvgIpc) is 3.35. The highest BCUT2D eigenvalue weighted by Crippen LogP contribution is 2.45. The maximum atomic E-state index is 13.4. The molecule has 144 valence electrons. The van der Waals surface area contributed by atoms with Gasteiger partial charge in [-0.1, -0.05) is 0 Å². The monoisotopic (exact) mass is 406 g/mol. The highest BCUT2D eigenvalue weighted by molar-refractivity contribution is 7.22. The number of ketones is 1. The lowest BCUT2D eigenvalue weighted by atomic mass is 9.97. The average molecular weight is 406 g/mol. The van der Waals surface area contributed by atoms with E-state index < -0.39 is 0 Å². The van der Waals surface area contributed by atoms with Crippen molar-refractivity contribution in [3.63, 3.8) is 0 Å². The van der Waals surface area contributed by atoms with E-state index in [0.29, 0.717) is 22.6 Å². The molecule has 0 bridgehead atoms. The van der Waals surface area contributed by atoms with Crippen LogP contribution in [0, 0.1) is 5.82 Å². The van der Waals surface area contributed by atoms with Gasteiger partial charge in [0, 0.05) is 32.2 Å². The third-order valence-corrected chi connectivity index (χ3v) is 6.07. The van der Waals surface area contributed by atoms with E-state index in [-0.39, 0.29) is 18.4 Å². The first-order chi connectivity index (χ1) is 14.1. The second-order valence-electron chi connectivity index (χ2n) is 6.57. The number of fused-ring (bicyclic) bond motifs is 2. The van der Waals surface area contributed by atoms with E-state index in [1.807, 2.05) is 36.4 Å². The quantitative estimate of drug-likeness (QED) is 0.409. The Balaban J connectivity index is 1.73. The predicted molar refractivity (Wildman–Crippen MR) is 110 cm³/mol. The summed E-state index contributed by atoms with van der Waals surface area (Å²) in [6, 6.07) is 16.9. The third-order valence-electron chi connectivity index (χ3n) is 4.87. The second-order valence-corrected chi connectivity index (χ2v) is 7.62.